The van der Waals surface area contributed by atoms with E-state index in [0.29, 0.717) is 11.3 Å². The summed E-state index contributed by atoms with van der Waals surface area (Å²) in [6, 6.07) is 2.69. The van der Waals surface area contributed by atoms with Crippen LogP contribution in [-0.4, -0.2) is 18.2 Å². The molecule has 0 atom stereocenters. The van der Waals surface area contributed by atoms with Crippen molar-refractivity contribution in [1.29, 1.82) is 0 Å². The highest BCUT2D eigenvalue weighted by atomic mass is 35.5. The van der Waals surface area contributed by atoms with E-state index < -0.39 is 17.2 Å². The zero-order valence-electron chi connectivity index (χ0n) is 9.30. The van der Waals surface area contributed by atoms with Crippen LogP contribution < -0.4 is 4.74 Å². The molecule has 2 rings (SSSR count). The summed E-state index contributed by atoms with van der Waals surface area (Å²) in [5, 5.41) is 8.89. The molecule has 1 saturated carbocycles. The van der Waals surface area contributed by atoms with Crippen molar-refractivity contribution >= 4 is 17.6 Å². The van der Waals surface area contributed by atoms with Crippen LogP contribution in [-0.2, 0) is 10.2 Å². The molecule has 3 nitrogen and oxygen atoms in total. The largest absolute Gasteiger partial charge is 0.496 e. The molecule has 1 aliphatic carbocycles. The fourth-order valence-corrected chi connectivity index (χ4v) is 2.26. The van der Waals surface area contributed by atoms with Crippen molar-refractivity contribution in [3.05, 3.63) is 28.5 Å². The molecule has 17 heavy (non-hydrogen) atoms. The Morgan fingerprint density at radius 3 is 2.71 bits per heavy atom. The zero-order valence-corrected chi connectivity index (χ0v) is 10.1. The number of carboxylic acids is 1. The summed E-state index contributed by atoms with van der Waals surface area (Å²) in [6.07, 6.45) is 1.54. The maximum absolute atomic E-state index is 13.3. The first-order chi connectivity index (χ1) is 7.98. The van der Waals surface area contributed by atoms with E-state index in [4.69, 9.17) is 21.4 Å². The Balaban J connectivity index is 2.44. The van der Waals surface area contributed by atoms with Crippen LogP contribution in [0.25, 0.3) is 0 Å². The third-order valence-electron chi connectivity index (χ3n) is 3.16. The van der Waals surface area contributed by atoms with Crippen molar-refractivity contribution < 1.29 is 19.0 Å². The number of carbonyl (C=O) groups is 1. The molecule has 0 saturated heterocycles. The van der Waals surface area contributed by atoms with Gasteiger partial charge in [-0.25, -0.2) is 4.39 Å². The van der Waals surface area contributed by atoms with Crippen molar-refractivity contribution in [1.82, 2.24) is 0 Å². The summed E-state index contributed by atoms with van der Waals surface area (Å²) < 4.78 is 18.4. The van der Waals surface area contributed by atoms with Crippen molar-refractivity contribution in [3.8, 4) is 5.75 Å². The van der Waals surface area contributed by atoms with Crippen LogP contribution >= 0.6 is 11.6 Å². The lowest BCUT2D eigenvalue weighted by atomic mass is 9.91. The number of rotatable bonds is 4. The van der Waals surface area contributed by atoms with Gasteiger partial charge in [0.25, 0.3) is 0 Å². The Morgan fingerprint density at radius 1 is 1.59 bits per heavy atom. The van der Waals surface area contributed by atoms with Crippen molar-refractivity contribution in [3.63, 3.8) is 0 Å². The molecule has 1 aromatic rings. The lowest BCUT2D eigenvalue weighted by Gasteiger charge is -2.17. The standard InChI is InChI=1S/C12H12ClFO3/c1-17-10-5-9(14)8(13)4-7(10)12(2-3-12)6-11(15)16/h4-5H,2-3,6H2,1H3,(H,15,16). The number of carboxylic acid groups (broad SMARTS) is 1. The van der Waals surface area contributed by atoms with Gasteiger partial charge < -0.3 is 9.84 Å². The Labute approximate surface area is 103 Å². The lowest BCUT2D eigenvalue weighted by molar-refractivity contribution is -0.137. The highest BCUT2D eigenvalue weighted by molar-refractivity contribution is 6.30. The molecule has 0 bridgehead atoms. The molecule has 1 fully saturated rings. The maximum Gasteiger partial charge on any atom is 0.304 e. The predicted octanol–water partition coefficient (Wildman–Crippen LogP) is 2.99. The zero-order chi connectivity index (χ0) is 12.6. The molecule has 0 heterocycles. The Bertz CT molecular complexity index is 469. The second-order valence-corrected chi connectivity index (χ2v) is 4.72. The molecular formula is C12H12ClFO3. The molecule has 0 amide bonds. The van der Waals surface area contributed by atoms with Gasteiger partial charge in [0.2, 0.25) is 0 Å². The second-order valence-electron chi connectivity index (χ2n) is 4.32. The van der Waals surface area contributed by atoms with E-state index in [-0.39, 0.29) is 11.4 Å². The van der Waals surface area contributed by atoms with E-state index in [0.717, 1.165) is 12.8 Å². The smallest absolute Gasteiger partial charge is 0.304 e. The quantitative estimate of drug-likeness (QED) is 0.903. The fourth-order valence-electron chi connectivity index (χ4n) is 2.09. The van der Waals surface area contributed by atoms with E-state index in [1.54, 1.807) is 0 Å². The monoisotopic (exact) mass is 258 g/mol. The van der Waals surface area contributed by atoms with Crippen LogP contribution in [0.5, 0.6) is 5.75 Å². The highest BCUT2D eigenvalue weighted by Crippen LogP contribution is 2.54. The molecule has 92 valence electrons. The summed E-state index contributed by atoms with van der Waals surface area (Å²) in [7, 11) is 1.43. The Hall–Kier alpha value is -1.29. The minimum atomic E-state index is -0.870. The molecule has 1 aromatic carbocycles. The van der Waals surface area contributed by atoms with Gasteiger partial charge in [-0.3, -0.25) is 4.79 Å². The van der Waals surface area contributed by atoms with Gasteiger partial charge in [0, 0.05) is 17.0 Å². The van der Waals surface area contributed by atoms with E-state index in [9.17, 15) is 9.18 Å². The molecule has 1 aliphatic rings. The number of halogens is 2. The number of hydrogen-bond acceptors (Lipinski definition) is 2. The van der Waals surface area contributed by atoms with Gasteiger partial charge in [-0.15, -0.1) is 0 Å². The van der Waals surface area contributed by atoms with Crippen LogP contribution in [0.2, 0.25) is 5.02 Å². The average Bonchev–Trinajstić information content (AvgIpc) is 3.01. The predicted molar refractivity (Wildman–Crippen MR) is 61.1 cm³/mol. The molecular weight excluding hydrogens is 247 g/mol. The summed E-state index contributed by atoms with van der Waals surface area (Å²) in [6.45, 7) is 0. The van der Waals surface area contributed by atoms with Gasteiger partial charge in [0.15, 0.2) is 0 Å². The molecule has 0 unspecified atom stereocenters. The summed E-state index contributed by atoms with van der Waals surface area (Å²) in [4.78, 5) is 10.8. The van der Waals surface area contributed by atoms with Crippen molar-refractivity contribution in [2.75, 3.05) is 7.11 Å². The van der Waals surface area contributed by atoms with Gasteiger partial charge in [-0.2, -0.15) is 0 Å². The molecule has 0 aromatic heterocycles. The number of ether oxygens (including phenoxy) is 1. The first kappa shape index (κ1) is 12.2. The number of benzene rings is 1. The van der Waals surface area contributed by atoms with Crippen LogP contribution in [0.3, 0.4) is 0 Å². The third kappa shape index (κ3) is 2.22. The van der Waals surface area contributed by atoms with Gasteiger partial charge in [0.1, 0.15) is 11.6 Å². The maximum atomic E-state index is 13.3. The molecule has 0 radical (unpaired) electrons. The summed E-state index contributed by atoms with van der Waals surface area (Å²) >= 11 is 5.74. The van der Waals surface area contributed by atoms with Crippen molar-refractivity contribution in [2.45, 2.75) is 24.7 Å². The topological polar surface area (TPSA) is 46.5 Å². The average molecular weight is 259 g/mol. The SMILES string of the molecule is COc1cc(F)c(Cl)cc1C1(CC(=O)O)CC1. The van der Waals surface area contributed by atoms with Crippen molar-refractivity contribution in [2.24, 2.45) is 0 Å². The number of methoxy groups -OCH3 is 1. The summed E-state index contributed by atoms with van der Waals surface area (Å²) in [5.41, 5.74) is 0.253. The van der Waals surface area contributed by atoms with Crippen LogP contribution in [0.1, 0.15) is 24.8 Å². The minimum absolute atomic E-state index is 0.00235. The van der Waals surface area contributed by atoms with Crippen LogP contribution in [0.15, 0.2) is 12.1 Å². The van der Waals surface area contributed by atoms with Gasteiger partial charge in [0.05, 0.1) is 18.6 Å². The van der Waals surface area contributed by atoms with E-state index in [1.165, 1.54) is 19.2 Å². The molecule has 0 aliphatic heterocycles. The lowest BCUT2D eigenvalue weighted by Crippen LogP contribution is -2.14. The van der Waals surface area contributed by atoms with Gasteiger partial charge >= 0.3 is 5.97 Å². The third-order valence-corrected chi connectivity index (χ3v) is 3.45. The number of aliphatic carboxylic acids is 1. The fraction of sp³-hybridized carbons (Fsp3) is 0.417. The number of hydrogen-bond donors (Lipinski definition) is 1. The Morgan fingerprint density at radius 2 is 2.24 bits per heavy atom. The van der Waals surface area contributed by atoms with E-state index >= 15 is 0 Å². The Kier molecular flexibility index (Phi) is 3.00. The van der Waals surface area contributed by atoms with Gasteiger partial charge in [-0.05, 0) is 18.9 Å². The first-order valence-electron chi connectivity index (χ1n) is 5.24. The normalized spacial score (nSPS) is 16.6. The van der Waals surface area contributed by atoms with Crippen LogP contribution in [0.4, 0.5) is 4.39 Å². The summed E-state index contributed by atoms with van der Waals surface area (Å²) in [5.74, 6) is -1.06. The minimum Gasteiger partial charge on any atom is -0.496 e. The molecule has 0 spiro atoms. The second kappa shape index (κ2) is 4.18. The van der Waals surface area contributed by atoms with Crippen LogP contribution in [0, 0.1) is 5.82 Å². The van der Waals surface area contributed by atoms with E-state index in [1.807, 2.05) is 0 Å². The van der Waals surface area contributed by atoms with E-state index in [2.05, 4.69) is 0 Å². The molecule has 1 N–H and O–H groups in total. The first-order valence-corrected chi connectivity index (χ1v) is 5.61. The molecule has 5 heteroatoms. The highest BCUT2D eigenvalue weighted by Gasteiger charge is 2.48. The van der Waals surface area contributed by atoms with Gasteiger partial charge in [-0.1, -0.05) is 11.6 Å².